The molecule has 90 valence electrons. The fourth-order valence-electron chi connectivity index (χ4n) is 2.60. The molecule has 17 heavy (non-hydrogen) atoms. The Morgan fingerprint density at radius 3 is 2.65 bits per heavy atom. The first-order valence-corrected chi connectivity index (χ1v) is 6.80. The highest BCUT2D eigenvalue weighted by molar-refractivity contribution is 9.10. The van der Waals surface area contributed by atoms with Gasteiger partial charge in [-0.1, -0.05) is 35.2 Å². The van der Waals surface area contributed by atoms with Gasteiger partial charge in [0, 0.05) is 4.47 Å². The zero-order valence-electron chi connectivity index (χ0n) is 9.68. The SMILES string of the molecule is N#CC1(Cc2cc(F)ccc2Br)CCCCC1. The molecule has 0 aromatic heterocycles. The van der Waals surface area contributed by atoms with Crippen molar-refractivity contribution in [3.05, 3.63) is 34.1 Å². The summed E-state index contributed by atoms with van der Waals surface area (Å²) in [5, 5.41) is 9.40. The number of nitrogens with zero attached hydrogens (tertiary/aromatic N) is 1. The average molecular weight is 296 g/mol. The van der Waals surface area contributed by atoms with Crippen LogP contribution in [0.3, 0.4) is 0 Å². The molecule has 0 bridgehead atoms. The number of hydrogen-bond donors (Lipinski definition) is 0. The number of benzene rings is 1. The maximum atomic E-state index is 13.2. The van der Waals surface area contributed by atoms with E-state index in [4.69, 9.17) is 0 Å². The number of rotatable bonds is 2. The minimum atomic E-state index is -0.283. The van der Waals surface area contributed by atoms with Gasteiger partial charge in [-0.15, -0.1) is 0 Å². The number of halogens is 2. The standard InChI is InChI=1S/C14H15BrFN/c15-13-5-4-12(16)8-11(13)9-14(10-17)6-2-1-3-7-14/h4-5,8H,1-3,6-7,9H2. The molecule has 0 amide bonds. The monoisotopic (exact) mass is 295 g/mol. The highest BCUT2D eigenvalue weighted by Gasteiger charge is 2.32. The summed E-state index contributed by atoms with van der Waals surface area (Å²) in [5.41, 5.74) is 0.627. The Bertz CT molecular complexity index is 444. The van der Waals surface area contributed by atoms with Gasteiger partial charge < -0.3 is 0 Å². The van der Waals surface area contributed by atoms with E-state index in [0.29, 0.717) is 6.42 Å². The fraction of sp³-hybridized carbons (Fsp3) is 0.500. The molecule has 3 heteroatoms. The van der Waals surface area contributed by atoms with Crippen LogP contribution in [0.15, 0.2) is 22.7 Å². The number of hydrogen-bond acceptors (Lipinski definition) is 1. The lowest BCUT2D eigenvalue weighted by Crippen LogP contribution is -2.25. The quantitative estimate of drug-likeness (QED) is 0.782. The summed E-state index contributed by atoms with van der Waals surface area (Å²) in [5.74, 6) is -0.230. The first kappa shape index (κ1) is 12.6. The molecule has 1 fully saturated rings. The second-order valence-electron chi connectivity index (χ2n) is 4.87. The van der Waals surface area contributed by atoms with Crippen molar-refractivity contribution in [3.63, 3.8) is 0 Å². The molecule has 2 rings (SSSR count). The zero-order valence-corrected chi connectivity index (χ0v) is 11.3. The molecule has 1 aliphatic rings. The Morgan fingerprint density at radius 2 is 2.00 bits per heavy atom. The Kier molecular flexibility index (Phi) is 3.83. The Morgan fingerprint density at radius 1 is 1.29 bits per heavy atom. The summed E-state index contributed by atoms with van der Waals surface area (Å²) in [7, 11) is 0. The molecule has 0 spiro atoms. The van der Waals surface area contributed by atoms with Crippen molar-refractivity contribution < 1.29 is 4.39 Å². The van der Waals surface area contributed by atoms with Crippen LogP contribution in [0.2, 0.25) is 0 Å². The summed E-state index contributed by atoms with van der Waals surface area (Å²) >= 11 is 3.43. The van der Waals surface area contributed by atoms with Crippen molar-refractivity contribution in [2.24, 2.45) is 5.41 Å². The second-order valence-corrected chi connectivity index (χ2v) is 5.72. The average Bonchev–Trinajstić information content (AvgIpc) is 2.35. The van der Waals surface area contributed by atoms with Crippen molar-refractivity contribution in [3.8, 4) is 6.07 Å². The lowest BCUT2D eigenvalue weighted by atomic mass is 9.71. The zero-order chi connectivity index (χ0) is 12.3. The van der Waals surface area contributed by atoms with Crippen molar-refractivity contribution in [2.45, 2.75) is 38.5 Å². The molecular formula is C14H15BrFN. The summed E-state index contributed by atoms with van der Waals surface area (Å²) in [6, 6.07) is 7.17. The third-order valence-electron chi connectivity index (χ3n) is 3.58. The van der Waals surface area contributed by atoms with Crippen LogP contribution in [0.5, 0.6) is 0 Å². The summed E-state index contributed by atoms with van der Waals surface area (Å²) in [6.07, 6.45) is 5.97. The second kappa shape index (κ2) is 5.18. The van der Waals surface area contributed by atoms with E-state index in [0.717, 1.165) is 35.7 Å². The van der Waals surface area contributed by atoms with Gasteiger partial charge in [0.2, 0.25) is 0 Å². The maximum Gasteiger partial charge on any atom is 0.123 e. The van der Waals surface area contributed by atoms with Crippen molar-refractivity contribution >= 4 is 15.9 Å². The third kappa shape index (κ3) is 2.87. The fourth-order valence-corrected chi connectivity index (χ4v) is 2.99. The topological polar surface area (TPSA) is 23.8 Å². The van der Waals surface area contributed by atoms with E-state index in [1.54, 1.807) is 6.07 Å². The third-order valence-corrected chi connectivity index (χ3v) is 4.36. The largest absolute Gasteiger partial charge is 0.207 e. The molecule has 0 radical (unpaired) electrons. The van der Waals surface area contributed by atoms with Gasteiger partial charge in [-0.2, -0.15) is 5.26 Å². The Hall–Kier alpha value is -0.880. The van der Waals surface area contributed by atoms with Crippen molar-refractivity contribution in [1.29, 1.82) is 5.26 Å². The van der Waals surface area contributed by atoms with E-state index in [1.165, 1.54) is 18.6 Å². The molecule has 0 heterocycles. The van der Waals surface area contributed by atoms with Gasteiger partial charge in [-0.05, 0) is 43.0 Å². The molecule has 0 N–H and O–H groups in total. The van der Waals surface area contributed by atoms with Crippen LogP contribution in [0, 0.1) is 22.6 Å². The molecule has 1 aromatic carbocycles. The highest BCUT2D eigenvalue weighted by atomic mass is 79.9. The van der Waals surface area contributed by atoms with Crippen LogP contribution in [-0.2, 0) is 6.42 Å². The lowest BCUT2D eigenvalue weighted by molar-refractivity contribution is 0.265. The van der Waals surface area contributed by atoms with Gasteiger partial charge in [0.25, 0.3) is 0 Å². The van der Waals surface area contributed by atoms with Gasteiger partial charge in [-0.25, -0.2) is 4.39 Å². The molecule has 1 aromatic rings. The van der Waals surface area contributed by atoms with Crippen LogP contribution in [0.25, 0.3) is 0 Å². The van der Waals surface area contributed by atoms with Crippen LogP contribution in [0.1, 0.15) is 37.7 Å². The first-order valence-electron chi connectivity index (χ1n) is 6.00. The van der Waals surface area contributed by atoms with Crippen molar-refractivity contribution in [1.82, 2.24) is 0 Å². The van der Waals surface area contributed by atoms with E-state index in [2.05, 4.69) is 22.0 Å². The molecule has 0 saturated heterocycles. The number of nitriles is 1. The molecule has 1 saturated carbocycles. The predicted molar refractivity (Wildman–Crippen MR) is 68.9 cm³/mol. The summed E-state index contributed by atoms with van der Waals surface area (Å²) < 4.78 is 14.1. The van der Waals surface area contributed by atoms with E-state index in [9.17, 15) is 9.65 Å². The minimum absolute atomic E-state index is 0.230. The van der Waals surface area contributed by atoms with Crippen molar-refractivity contribution in [2.75, 3.05) is 0 Å². The first-order chi connectivity index (χ1) is 8.15. The molecule has 0 atom stereocenters. The highest BCUT2D eigenvalue weighted by Crippen LogP contribution is 2.39. The molecular weight excluding hydrogens is 281 g/mol. The van der Waals surface area contributed by atoms with Gasteiger partial charge in [0.15, 0.2) is 0 Å². The predicted octanol–water partition coefficient (Wildman–Crippen LogP) is 4.60. The van der Waals surface area contributed by atoms with Gasteiger partial charge in [0.05, 0.1) is 11.5 Å². The Labute approximate surface area is 110 Å². The van der Waals surface area contributed by atoms with Crippen LogP contribution < -0.4 is 0 Å². The normalized spacial score (nSPS) is 18.6. The molecule has 0 aliphatic heterocycles. The van der Waals surface area contributed by atoms with E-state index < -0.39 is 0 Å². The summed E-state index contributed by atoms with van der Waals surface area (Å²) in [6.45, 7) is 0. The van der Waals surface area contributed by atoms with E-state index in [1.807, 2.05) is 0 Å². The molecule has 0 unspecified atom stereocenters. The van der Waals surface area contributed by atoms with Crippen LogP contribution in [0.4, 0.5) is 4.39 Å². The smallest absolute Gasteiger partial charge is 0.123 e. The maximum absolute atomic E-state index is 13.2. The molecule has 1 nitrogen and oxygen atoms in total. The van der Waals surface area contributed by atoms with Crippen LogP contribution in [-0.4, -0.2) is 0 Å². The summed E-state index contributed by atoms with van der Waals surface area (Å²) in [4.78, 5) is 0. The van der Waals surface area contributed by atoms with Crippen LogP contribution >= 0.6 is 15.9 Å². The Balaban J connectivity index is 2.23. The van der Waals surface area contributed by atoms with Gasteiger partial charge in [-0.3, -0.25) is 0 Å². The van der Waals surface area contributed by atoms with E-state index in [-0.39, 0.29) is 11.2 Å². The minimum Gasteiger partial charge on any atom is -0.207 e. The lowest BCUT2D eigenvalue weighted by Gasteiger charge is -2.31. The van der Waals surface area contributed by atoms with Gasteiger partial charge in [0.1, 0.15) is 5.82 Å². The molecule has 1 aliphatic carbocycles. The van der Waals surface area contributed by atoms with Gasteiger partial charge >= 0.3 is 0 Å². The van der Waals surface area contributed by atoms with E-state index >= 15 is 0 Å².